The smallest absolute Gasteiger partial charge is 0.217 e. The Labute approximate surface area is 123 Å². The number of fused-ring (bicyclic) bond motifs is 1. The third kappa shape index (κ3) is 2.74. The standard InChI is InChI=1S/C17H31NO2/c1-11-7-6-9-17(5)10-8-13(15(20)14(11)17)16(3,4)18-12(2)19/h11,13-15,20H,6-10H2,1-5H3,(H,18,19)/t11-,13+,14?,15+,17+/m0/s1. The first-order chi connectivity index (χ1) is 9.17. The molecule has 0 aromatic carbocycles. The predicted molar refractivity (Wildman–Crippen MR) is 81.2 cm³/mol. The first kappa shape index (κ1) is 15.8. The van der Waals surface area contributed by atoms with E-state index in [1.165, 1.54) is 25.7 Å². The molecule has 0 heterocycles. The Bertz CT molecular complexity index is 379. The normalized spacial score (nSPS) is 41.9. The van der Waals surface area contributed by atoms with Gasteiger partial charge in [-0.15, -0.1) is 0 Å². The molecule has 5 atom stereocenters. The summed E-state index contributed by atoms with van der Waals surface area (Å²) in [4.78, 5) is 11.4. The molecule has 1 amide bonds. The van der Waals surface area contributed by atoms with Crippen LogP contribution in [0.2, 0.25) is 0 Å². The summed E-state index contributed by atoms with van der Waals surface area (Å²) < 4.78 is 0. The highest BCUT2D eigenvalue weighted by molar-refractivity contribution is 5.73. The lowest BCUT2D eigenvalue weighted by atomic mass is 9.52. The van der Waals surface area contributed by atoms with Crippen LogP contribution in [-0.4, -0.2) is 22.7 Å². The van der Waals surface area contributed by atoms with Gasteiger partial charge in [0.15, 0.2) is 0 Å². The van der Waals surface area contributed by atoms with Crippen LogP contribution in [0.3, 0.4) is 0 Å². The number of aliphatic hydroxyl groups is 1. The molecule has 0 radical (unpaired) electrons. The van der Waals surface area contributed by atoms with Gasteiger partial charge in [0.05, 0.1) is 6.10 Å². The van der Waals surface area contributed by atoms with Crippen molar-refractivity contribution in [2.45, 2.75) is 78.4 Å². The molecule has 0 saturated heterocycles. The van der Waals surface area contributed by atoms with Crippen molar-refractivity contribution in [1.82, 2.24) is 5.32 Å². The van der Waals surface area contributed by atoms with Crippen molar-refractivity contribution in [2.75, 3.05) is 0 Å². The van der Waals surface area contributed by atoms with Gasteiger partial charge in [-0.25, -0.2) is 0 Å². The summed E-state index contributed by atoms with van der Waals surface area (Å²) in [7, 11) is 0. The molecule has 0 aromatic rings. The van der Waals surface area contributed by atoms with Crippen molar-refractivity contribution >= 4 is 5.91 Å². The Hall–Kier alpha value is -0.570. The Kier molecular flexibility index (Phi) is 4.21. The monoisotopic (exact) mass is 281 g/mol. The molecule has 2 aliphatic rings. The molecule has 2 saturated carbocycles. The first-order valence-electron chi connectivity index (χ1n) is 8.14. The van der Waals surface area contributed by atoms with Gasteiger partial charge < -0.3 is 10.4 Å². The molecule has 2 rings (SSSR count). The van der Waals surface area contributed by atoms with Gasteiger partial charge in [0.25, 0.3) is 0 Å². The third-order valence-corrected chi connectivity index (χ3v) is 6.06. The fraction of sp³-hybridized carbons (Fsp3) is 0.941. The van der Waals surface area contributed by atoms with Gasteiger partial charge in [-0.1, -0.05) is 26.7 Å². The molecule has 0 aliphatic heterocycles. The maximum atomic E-state index is 11.4. The minimum absolute atomic E-state index is 0.00720. The number of rotatable bonds is 2. The molecule has 116 valence electrons. The van der Waals surface area contributed by atoms with E-state index in [2.05, 4.69) is 33.0 Å². The summed E-state index contributed by atoms with van der Waals surface area (Å²) in [5.41, 5.74) is -0.0381. The summed E-state index contributed by atoms with van der Waals surface area (Å²) in [5, 5.41) is 14.0. The van der Waals surface area contributed by atoms with E-state index in [9.17, 15) is 9.90 Å². The fourth-order valence-electron chi connectivity index (χ4n) is 5.14. The van der Waals surface area contributed by atoms with E-state index >= 15 is 0 Å². The van der Waals surface area contributed by atoms with Gasteiger partial charge in [-0.05, 0) is 50.4 Å². The highest BCUT2D eigenvalue weighted by Gasteiger charge is 2.52. The van der Waals surface area contributed by atoms with E-state index in [1.807, 2.05) is 0 Å². The SMILES string of the molecule is CC(=O)NC(C)(C)[C@@H]1CC[C@@]2(C)CCC[C@H](C)C2[C@@H]1O. The van der Waals surface area contributed by atoms with Gasteiger partial charge in [-0.3, -0.25) is 4.79 Å². The second-order valence-corrected chi connectivity index (χ2v) is 8.09. The summed E-state index contributed by atoms with van der Waals surface area (Å²) in [6.07, 6.45) is 5.64. The van der Waals surface area contributed by atoms with Crippen molar-refractivity contribution in [3.05, 3.63) is 0 Å². The molecule has 20 heavy (non-hydrogen) atoms. The van der Waals surface area contributed by atoms with Crippen LogP contribution in [0.5, 0.6) is 0 Å². The number of carbonyl (C=O) groups excluding carboxylic acids is 1. The highest BCUT2D eigenvalue weighted by Crippen LogP contribution is 2.55. The van der Waals surface area contributed by atoms with Gasteiger partial charge in [0.1, 0.15) is 0 Å². The molecule has 2 aliphatic carbocycles. The second kappa shape index (κ2) is 5.32. The van der Waals surface area contributed by atoms with E-state index in [0.717, 1.165) is 6.42 Å². The number of nitrogens with one attached hydrogen (secondary N) is 1. The Morgan fingerprint density at radius 3 is 2.55 bits per heavy atom. The Morgan fingerprint density at radius 1 is 1.30 bits per heavy atom. The molecular formula is C17H31NO2. The quantitative estimate of drug-likeness (QED) is 0.817. The van der Waals surface area contributed by atoms with Crippen LogP contribution in [-0.2, 0) is 4.79 Å². The number of hydrogen-bond acceptors (Lipinski definition) is 2. The van der Waals surface area contributed by atoms with E-state index in [0.29, 0.717) is 17.3 Å². The summed E-state index contributed by atoms with van der Waals surface area (Å²) >= 11 is 0. The van der Waals surface area contributed by atoms with Crippen LogP contribution in [0.25, 0.3) is 0 Å². The lowest BCUT2D eigenvalue weighted by Crippen LogP contribution is -2.59. The molecular weight excluding hydrogens is 250 g/mol. The molecule has 2 N–H and O–H groups in total. The zero-order valence-electron chi connectivity index (χ0n) is 13.7. The van der Waals surface area contributed by atoms with Crippen LogP contribution >= 0.6 is 0 Å². The number of aliphatic hydroxyl groups excluding tert-OH is 1. The minimum Gasteiger partial charge on any atom is -0.392 e. The Morgan fingerprint density at radius 2 is 1.95 bits per heavy atom. The van der Waals surface area contributed by atoms with E-state index in [-0.39, 0.29) is 23.5 Å². The zero-order chi connectivity index (χ0) is 15.1. The first-order valence-corrected chi connectivity index (χ1v) is 8.14. The number of amides is 1. The maximum absolute atomic E-state index is 11.4. The zero-order valence-corrected chi connectivity index (χ0v) is 13.7. The van der Waals surface area contributed by atoms with Crippen LogP contribution < -0.4 is 5.32 Å². The Balaban J connectivity index is 2.21. The molecule has 2 fully saturated rings. The second-order valence-electron chi connectivity index (χ2n) is 8.09. The highest BCUT2D eigenvalue weighted by atomic mass is 16.3. The summed E-state index contributed by atoms with van der Waals surface area (Å²) in [6, 6.07) is 0. The summed E-state index contributed by atoms with van der Waals surface area (Å²) in [5.74, 6) is 1.11. The van der Waals surface area contributed by atoms with Gasteiger partial charge >= 0.3 is 0 Å². The van der Waals surface area contributed by atoms with Crippen LogP contribution in [0.1, 0.15) is 66.7 Å². The molecule has 0 bridgehead atoms. The van der Waals surface area contributed by atoms with E-state index in [1.54, 1.807) is 6.92 Å². The maximum Gasteiger partial charge on any atom is 0.217 e. The van der Waals surface area contributed by atoms with Crippen molar-refractivity contribution in [2.24, 2.45) is 23.2 Å². The predicted octanol–water partition coefficient (Wildman–Crippen LogP) is 3.11. The molecule has 3 nitrogen and oxygen atoms in total. The summed E-state index contributed by atoms with van der Waals surface area (Å²) in [6.45, 7) is 10.3. The van der Waals surface area contributed by atoms with Crippen molar-refractivity contribution in [3.63, 3.8) is 0 Å². The number of hydrogen-bond donors (Lipinski definition) is 2. The van der Waals surface area contributed by atoms with Crippen LogP contribution in [0, 0.1) is 23.2 Å². The van der Waals surface area contributed by atoms with Gasteiger partial charge in [-0.2, -0.15) is 0 Å². The van der Waals surface area contributed by atoms with Crippen molar-refractivity contribution < 1.29 is 9.90 Å². The van der Waals surface area contributed by atoms with Crippen molar-refractivity contribution in [1.29, 1.82) is 0 Å². The molecule has 0 spiro atoms. The fourth-order valence-corrected chi connectivity index (χ4v) is 5.14. The van der Waals surface area contributed by atoms with Gasteiger partial charge in [0.2, 0.25) is 5.91 Å². The van der Waals surface area contributed by atoms with Crippen molar-refractivity contribution in [3.8, 4) is 0 Å². The lowest BCUT2D eigenvalue weighted by molar-refractivity contribution is -0.131. The van der Waals surface area contributed by atoms with Crippen LogP contribution in [0.4, 0.5) is 0 Å². The average Bonchev–Trinajstić information content (AvgIpc) is 2.25. The lowest BCUT2D eigenvalue weighted by Gasteiger charge is -2.56. The van der Waals surface area contributed by atoms with E-state index in [4.69, 9.17) is 0 Å². The topological polar surface area (TPSA) is 49.3 Å². The van der Waals surface area contributed by atoms with Crippen LogP contribution in [0.15, 0.2) is 0 Å². The van der Waals surface area contributed by atoms with Gasteiger partial charge in [0, 0.05) is 18.4 Å². The largest absolute Gasteiger partial charge is 0.392 e. The average molecular weight is 281 g/mol. The third-order valence-electron chi connectivity index (χ3n) is 6.06. The molecule has 0 aromatic heterocycles. The molecule has 1 unspecified atom stereocenters. The van der Waals surface area contributed by atoms with E-state index < -0.39 is 0 Å². The molecule has 3 heteroatoms. The number of carbonyl (C=O) groups is 1. The minimum atomic E-state index is -0.330.